The number of para-hydroxylation sites is 2. The number of carbonyl (C=O) groups is 2. The van der Waals surface area contributed by atoms with Crippen LogP contribution in [0.4, 0.5) is 11.6 Å². The Morgan fingerprint density at radius 1 is 1.31 bits per heavy atom. The Hall–Kier alpha value is -2.75. The summed E-state index contributed by atoms with van der Waals surface area (Å²) in [6.45, 7) is 1.85. The fourth-order valence-corrected chi connectivity index (χ4v) is 3.13. The number of nitrogens with two attached hydrogens (primary N) is 1. The predicted molar refractivity (Wildman–Crippen MR) is 98.1 cm³/mol. The number of aromatic nitrogens is 3. The van der Waals surface area contributed by atoms with Gasteiger partial charge in [-0.2, -0.15) is 0 Å². The van der Waals surface area contributed by atoms with Gasteiger partial charge in [-0.15, -0.1) is 10.2 Å². The summed E-state index contributed by atoms with van der Waals surface area (Å²) in [5.74, 6) is -0.00990. The molecule has 0 saturated carbocycles. The topological polar surface area (TPSA) is 121 Å². The van der Waals surface area contributed by atoms with Gasteiger partial charge >= 0.3 is 5.97 Å². The minimum atomic E-state index is -0.643. The summed E-state index contributed by atoms with van der Waals surface area (Å²) in [6.07, 6.45) is 0.453. The number of amides is 1. The average molecular weight is 379 g/mol. The van der Waals surface area contributed by atoms with E-state index < -0.39 is 12.0 Å². The maximum Gasteiger partial charge on any atom is 0.316 e. The second-order valence-corrected chi connectivity index (χ2v) is 6.13. The van der Waals surface area contributed by atoms with Crippen LogP contribution in [0.5, 0.6) is 5.75 Å². The van der Waals surface area contributed by atoms with Gasteiger partial charge < -0.3 is 20.5 Å². The monoisotopic (exact) mass is 379 g/mol. The van der Waals surface area contributed by atoms with Crippen LogP contribution < -0.4 is 15.8 Å². The summed E-state index contributed by atoms with van der Waals surface area (Å²) in [6, 6.07) is 6.46. The Morgan fingerprint density at radius 3 is 2.69 bits per heavy atom. The van der Waals surface area contributed by atoms with Gasteiger partial charge in [0.25, 0.3) is 0 Å². The van der Waals surface area contributed by atoms with Crippen LogP contribution in [-0.4, -0.2) is 46.6 Å². The van der Waals surface area contributed by atoms with E-state index >= 15 is 0 Å². The summed E-state index contributed by atoms with van der Waals surface area (Å²) in [7, 11) is 2.83. The van der Waals surface area contributed by atoms with Crippen LogP contribution in [0.25, 0.3) is 0 Å². The molecule has 0 aliphatic heterocycles. The van der Waals surface area contributed by atoms with Gasteiger partial charge in [0.2, 0.25) is 11.9 Å². The van der Waals surface area contributed by atoms with Crippen molar-refractivity contribution >= 4 is 35.3 Å². The Labute approximate surface area is 155 Å². The Balaban J connectivity index is 2.23. The van der Waals surface area contributed by atoms with Gasteiger partial charge in [-0.05, 0) is 18.6 Å². The highest BCUT2D eigenvalue weighted by molar-refractivity contribution is 7.99. The summed E-state index contributed by atoms with van der Waals surface area (Å²) in [5, 5.41) is 11.0. The lowest BCUT2D eigenvalue weighted by molar-refractivity contribution is -0.137. The van der Waals surface area contributed by atoms with Gasteiger partial charge in [-0.1, -0.05) is 30.8 Å². The molecule has 1 heterocycles. The maximum absolute atomic E-state index is 12.8. The quantitative estimate of drug-likeness (QED) is 0.525. The van der Waals surface area contributed by atoms with Crippen molar-refractivity contribution in [1.29, 1.82) is 0 Å². The van der Waals surface area contributed by atoms with E-state index in [1.54, 1.807) is 18.2 Å². The van der Waals surface area contributed by atoms with E-state index in [0.717, 1.165) is 11.8 Å². The van der Waals surface area contributed by atoms with Crippen molar-refractivity contribution < 1.29 is 19.1 Å². The van der Waals surface area contributed by atoms with E-state index in [2.05, 4.69) is 20.3 Å². The molecule has 1 amide bonds. The number of anilines is 2. The number of hydrogen-bond donors (Lipinski definition) is 2. The third kappa shape index (κ3) is 4.45. The van der Waals surface area contributed by atoms with Crippen molar-refractivity contribution in [2.45, 2.75) is 24.5 Å². The molecule has 2 aromatic rings. The van der Waals surface area contributed by atoms with Crippen LogP contribution in [0.15, 0.2) is 29.4 Å². The highest BCUT2D eigenvalue weighted by Crippen LogP contribution is 2.28. The van der Waals surface area contributed by atoms with Gasteiger partial charge in [0, 0.05) is 0 Å². The smallest absolute Gasteiger partial charge is 0.316 e. The Kier molecular flexibility index (Phi) is 6.84. The number of carbonyl (C=O) groups excluding carboxylic acids is 2. The Bertz CT molecular complexity index is 780. The first-order valence-electron chi connectivity index (χ1n) is 7.85. The molecule has 10 heteroatoms. The molecule has 0 radical (unpaired) electrons. The van der Waals surface area contributed by atoms with Crippen LogP contribution in [0, 0.1) is 0 Å². The third-order valence-electron chi connectivity index (χ3n) is 3.60. The predicted octanol–water partition coefficient (Wildman–Crippen LogP) is 1.72. The summed E-state index contributed by atoms with van der Waals surface area (Å²) in [4.78, 5) is 24.2. The molecule has 0 spiro atoms. The van der Waals surface area contributed by atoms with Crippen molar-refractivity contribution in [2.24, 2.45) is 0 Å². The number of thioether (sulfide) groups is 1. The number of nitrogens with zero attached hydrogens (tertiary/aromatic N) is 3. The van der Waals surface area contributed by atoms with Gasteiger partial charge in [0.1, 0.15) is 11.8 Å². The molecular weight excluding hydrogens is 358 g/mol. The van der Waals surface area contributed by atoms with Crippen LogP contribution in [-0.2, 0) is 14.3 Å². The molecule has 0 aliphatic rings. The normalized spacial score (nSPS) is 11.7. The molecule has 1 unspecified atom stereocenters. The number of rotatable bonds is 8. The molecule has 0 bridgehead atoms. The largest absolute Gasteiger partial charge is 0.495 e. The van der Waals surface area contributed by atoms with E-state index in [1.165, 1.54) is 18.8 Å². The van der Waals surface area contributed by atoms with Gasteiger partial charge in [0.15, 0.2) is 5.16 Å². The number of esters is 1. The third-order valence-corrected chi connectivity index (χ3v) is 4.52. The first-order chi connectivity index (χ1) is 12.5. The first kappa shape index (κ1) is 19.6. The zero-order valence-corrected chi connectivity index (χ0v) is 15.6. The highest BCUT2D eigenvalue weighted by Gasteiger charge is 2.26. The standard InChI is InChI=1S/C16H21N5O4S/c1-4-11(14(23)18-10-7-5-6-8-12(10)24-2)21-15(17)19-20-16(21)26-9-13(22)25-3/h5-8,11H,4,9H2,1-3H3,(H2,17,19)(H,18,23). The van der Waals surface area contributed by atoms with Crippen LogP contribution in [0.1, 0.15) is 19.4 Å². The van der Waals surface area contributed by atoms with Crippen LogP contribution in [0.3, 0.4) is 0 Å². The summed E-state index contributed by atoms with van der Waals surface area (Å²) >= 11 is 1.11. The van der Waals surface area contributed by atoms with E-state index in [9.17, 15) is 9.59 Å². The number of nitrogen functional groups attached to an aromatic ring is 1. The van der Waals surface area contributed by atoms with Crippen molar-refractivity contribution in [1.82, 2.24) is 14.8 Å². The number of methoxy groups -OCH3 is 2. The number of benzene rings is 1. The molecule has 1 aromatic carbocycles. The molecule has 9 nitrogen and oxygen atoms in total. The molecule has 140 valence electrons. The molecule has 3 N–H and O–H groups in total. The molecule has 1 atom stereocenters. The molecule has 0 fully saturated rings. The number of nitrogens with one attached hydrogen (secondary N) is 1. The van der Waals surface area contributed by atoms with Gasteiger partial charge in [0.05, 0.1) is 25.7 Å². The second kappa shape index (κ2) is 9.09. The van der Waals surface area contributed by atoms with Gasteiger partial charge in [-0.3, -0.25) is 14.2 Å². The van der Waals surface area contributed by atoms with E-state index in [1.807, 2.05) is 13.0 Å². The zero-order valence-electron chi connectivity index (χ0n) is 14.8. The number of hydrogen-bond acceptors (Lipinski definition) is 8. The molecule has 2 rings (SSSR count). The molecule has 1 aromatic heterocycles. The minimum absolute atomic E-state index is 0.0409. The van der Waals surface area contributed by atoms with E-state index in [-0.39, 0.29) is 17.6 Å². The second-order valence-electron chi connectivity index (χ2n) is 5.19. The van der Waals surface area contributed by atoms with Crippen LogP contribution >= 0.6 is 11.8 Å². The average Bonchev–Trinajstić information content (AvgIpc) is 3.01. The van der Waals surface area contributed by atoms with Crippen LogP contribution in [0.2, 0.25) is 0 Å². The molecule has 0 aliphatic carbocycles. The molecule has 0 saturated heterocycles. The van der Waals surface area contributed by atoms with Crippen molar-refractivity contribution in [2.75, 3.05) is 31.0 Å². The van der Waals surface area contributed by atoms with E-state index in [4.69, 9.17) is 10.5 Å². The summed E-state index contributed by atoms with van der Waals surface area (Å²) < 4.78 is 11.4. The number of ether oxygens (including phenoxy) is 2. The Morgan fingerprint density at radius 2 is 2.04 bits per heavy atom. The molecule has 26 heavy (non-hydrogen) atoms. The SMILES string of the molecule is CCC(C(=O)Nc1ccccc1OC)n1c(N)nnc1SCC(=O)OC. The van der Waals surface area contributed by atoms with Crippen molar-refractivity contribution in [3.63, 3.8) is 0 Å². The minimum Gasteiger partial charge on any atom is -0.495 e. The zero-order chi connectivity index (χ0) is 19.1. The fraction of sp³-hybridized carbons (Fsp3) is 0.375. The van der Waals surface area contributed by atoms with Crippen molar-refractivity contribution in [3.05, 3.63) is 24.3 Å². The first-order valence-corrected chi connectivity index (χ1v) is 8.84. The lowest BCUT2D eigenvalue weighted by Gasteiger charge is -2.19. The highest BCUT2D eigenvalue weighted by atomic mass is 32.2. The lowest BCUT2D eigenvalue weighted by Crippen LogP contribution is -2.27. The van der Waals surface area contributed by atoms with Crippen molar-refractivity contribution in [3.8, 4) is 5.75 Å². The fourth-order valence-electron chi connectivity index (χ4n) is 2.31. The van der Waals surface area contributed by atoms with E-state index in [0.29, 0.717) is 23.0 Å². The molecular formula is C16H21N5O4S. The summed E-state index contributed by atoms with van der Waals surface area (Å²) in [5.41, 5.74) is 6.45. The van der Waals surface area contributed by atoms with Gasteiger partial charge in [-0.25, -0.2) is 0 Å². The maximum atomic E-state index is 12.8. The lowest BCUT2D eigenvalue weighted by atomic mass is 10.2.